The lowest BCUT2D eigenvalue weighted by Crippen LogP contribution is -2.17. The number of hydrogen-bond donors (Lipinski definition) is 0. The average Bonchev–Trinajstić information content (AvgIpc) is 3.08. The second-order valence-electron chi connectivity index (χ2n) is 5.53. The first kappa shape index (κ1) is 17.3. The van der Waals surface area contributed by atoms with Crippen LogP contribution in [-0.4, -0.2) is 27.1 Å². The molecule has 0 fully saturated rings. The molecule has 0 N–H and O–H groups in total. The van der Waals surface area contributed by atoms with E-state index in [1.807, 2.05) is 60.7 Å². The van der Waals surface area contributed by atoms with Gasteiger partial charge in [0.1, 0.15) is 13.2 Å². The zero-order chi connectivity index (χ0) is 18.4. The summed E-state index contributed by atoms with van der Waals surface area (Å²) in [7, 11) is 0. The molecule has 3 aromatic rings. The Morgan fingerprint density at radius 2 is 1.38 bits per heavy atom. The molecule has 0 saturated heterocycles. The second kappa shape index (κ2) is 8.06. The van der Waals surface area contributed by atoms with E-state index in [0.29, 0.717) is 5.69 Å². The summed E-state index contributed by atoms with van der Waals surface area (Å²) in [6, 6.07) is 18.5. The molecule has 0 saturated carbocycles. The van der Waals surface area contributed by atoms with Gasteiger partial charge >= 0.3 is 12.1 Å². The van der Waals surface area contributed by atoms with E-state index in [1.165, 1.54) is 0 Å². The number of nitrogens with zero attached hydrogens (tertiary/aromatic N) is 3. The maximum atomic E-state index is 12.2. The van der Waals surface area contributed by atoms with Crippen LogP contribution in [0.1, 0.15) is 27.3 Å². The van der Waals surface area contributed by atoms with E-state index in [2.05, 4.69) is 10.2 Å². The molecule has 7 heteroatoms. The van der Waals surface area contributed by atoms with Crippen molar-refractivity contribution in [1.82, 2.24) is 15.0 Å². The Morgan fingerprint density at radius 1 is 0.846 bits per heavy atom. The molecular formula is C19H17N3O4. The molecule has 26 heavy (non-hydrogen) atoms. The van der Waals surface area contributed by atoms with Gasteiger partial charge in [0, 0.05) is 0 Å². The Morgan fingerprint density at radius 3 is 1.96 bits per heavy atom. The van der Waals surface area contributed by atoms with E-state index in [-0.39, 0.29) is 18.9 Å². The summed E-state index contributed by atoms with van der Waals surface area (Å²) in [5.41, 5.74) is 1.97. The van der Waals surface area contributed by atoms with E-state index in [1.54, 1.807) is 6.92 Å². The average molecular weight is 351 g/mol. The predicted molar refractivity (Wildman–Crippen MR) is 92.3 cm³/mol. The summed E-state index contributed by atoms with van der Waals surface area (Å²) in [4.78, 5) is 25.0. The molecule has 0 unspecified atom stereocenters. The Kier molecular flexibility index (Phi) is 5.38. The summed E-state index contributed by atoms with van der Waals surface area (Å²) in [6.07, 6.45) is -0.765. The molecule has 0 aliphatic carbocycles. The molecule has 1 heterocycles. The van der Waals surface area contributed by atoms with Crippen molar-refractivity contribution >= 4 is 12.1 Å². The molecule has 0 aliphatic rings. The fraction of sp³-hybridized carbons (Fsp3) is 0.158. The van der Waals surface area contributed by atoms with Crippen LogP contribution in [0.3, 0.4) is 0 Å². The van der Waals surface area contributed by atoms with Crippen molar-refractivity contribution in [1.29, 1.82) is 0 Å². The van der Waals surface area contributed by atoms with Crippen LogP contribution in [0.15, 0.2) is 60.7 Å². The van der Waals surface area contributed by atoms with Gasteiger partial charge in [-0.2, -0.15) is 0 Å². The van der Waals surface area contributed by atoms with Gasteiger partial charge in [0.25, 0.3) is 0 Å². The monoisotopic (exact) mass is 351 g/mol. The van der Waals surface area contributed by atoms with Crippen LogP contribution in [0.2, 0.25) is 0 Å². The second-order valence-corrected chi connectivity index (χ2v) is 5.53. The standard InChI is InChI=1S/C19H17N3O4/c1-14-17(18(23)25-12-15-8-4-2-5-9-15)21-22(20-14)19(24)26-13-16-10-6-3-7-11-16/h2-11H,12-13H2,1H3. The molecule has 0 aliphatic heterocycles. The predicted octanol–water partition coefficient (Wildman–Crippen LogP) is 3.13. The van der Waals surface area contributed by atoms with Gasteiger partial charge in [0.05, 0.1) is 5.69 Å². The highest BCUT2D eigenvalue weighted by molar-refractivity contribution is 5.88. The summed E-state index contributed by atoms with van der Waals surface area (Å²) in [6.45, 7) is 1.78. The molecule has 0 atom stereocenters. The normalized spacial score (nSPS) is 10.3. The lowest BCUT2D eigenvalue weighted by atomic mass is 10.2. The third-order valence-electron chi connectivity index (χ3n) is 3.56. The van der Waals surface area contributed by atoms with Gasteiger partial charge in [-0.05, 0) is 18.1 Å². The number of carbonyl (C=O) groups is 2. The number of aryl methyl sites for hydroxylation is 1. The van der Waals surface area contributed by atoms with E-state index in [4.69, 9.17) is 9.47 Å². The highest BCUT2D eigenvalue weighted by Crippen LogP contribution is 2.08. The van der Waals surface area contributed by atoms with Crippen molar-refractivity contribution in [3.8, 4) is 0 Å². The molecule has 1 aromatic heterocycles. The van der Waals surface area contributed by atoms with Crippen molar-refractivity contribution in [2.45, 2.75) is 20.1 Å². The minimum Gasteiger partial charge on any atom is -0.456 e. The quantitative estimate of drug-likeness (QED) is 0.657. The molecule has 0 radical (unpaired) electrons. The molecule has 3 rings (SSSR count). The zero-order valence-corrected chi connectivity index (χ0v) is 14.2. The molecule has 0 bridgehead atoms. The van der Waals surface area contributed by atoms with Crippen LogP contribution in [-0.2, 0) is 22.7 Å². The van der Waals surface area contributed by atoms with Crippen LogP contribution < -0.4 is 0 Å². The molecule has 0 spiro atoms. The highest BCUT2D eigenvalue weighted by atomic mass is 16.6. The third-order valence-corrected chi connectivity index (χ3v) is 3.56. The lowest BCUT2D eigenvalue weighted by Gasteiger charge is -2.03. The summed E-state index contributed by atoms with van der Waals surface area (Å²) >= 11 is 0. The van der Waals surface area contributed by atoms with Gasteiger partial charge in [-0.3, -0.25) is 0 Å². The molecular weight excluding hydrogens is 334 g/mol. The van der Waals surface area contributed by atoms with Crippen LogP contribution >= 0.6 is 0 Å². The SMILES string of the molecule is Cc1nn(C(=O)OCc2ccccc2)nc1C(=O)OCc1ccccc1. The van der Waals surface area contributed by atoms with Gasteiger partial charge in [-0.25, -0.2) is 9.59 Å². The van der Waals surface area contributed by atoms with Crippen molar-refractivity contribution in [2.75, 3.05) is 0 Å². The highest BCUT2D eigenvalue weighted by Gasteiger charge is 2.20. The minimum atomic E-state index is -0.765. The minimum absolute atomic E-state index is 0.0161. The molecule has 7 nitrogen and oxygen atoms in total. The number of ether oxygens (including phenoxy) is 2. The van der Waals surface area contributed by atoms with Gasteiger partial charge in [-0.1, -0.05) is 65.5 Å². The van der Waals surface area contributed by atoms with Crippen LogP contribution in [0.4, 0.5) is 4.79 Å². The number of rotatable bonds is 5. The molecule has 0 amide bonds. The van der Waals surface area contributed by atoms with Crippen molar-refractivity contribution in [3.63, 3.8) is 0 Å². The van der Waals surface area contributed by atoms with Crippen LogP contribution in [0, 0.1) is 6.92 Å². The fourth-order valence-electron chi connectivity index (χ4n) is 2.22. The van der Waals surface area contributed by atoms with E-state index in [9.17, 15) is 9.59 Å². The van der Waals surface area contributed by atoms with Crippen LogP contribution in [0.25, 0.3) is 0 Å². The third kappa shape index (κ3) is 4.32. The Balaban J connectivity index is 1.60. The Hall–Kier alpha value is -3.48. The number of hydrogen-bond acceptors (Lipinski definition) is 6. The van der Waals surface area contributed by atoms with Gasteiger partial charge < -0.3 is 9.47 Å². The summed E-state index contributed by atoms with van der Waals surface area (Å²) in [5, 5.41) is 7.82. The zero-order valence-electron chi connectivity index (χ0n) is 14.2. The number of carbonyl (C=O) groups excluding carboxylic acids is 2. The molecule has 132 valence electrons. The maximum absolute atomic E-state index is 12.2. The summed E-state index contributed by atoms with van der Waals surface area (Å²) in [5.74, 6) is -0.645. The number of aromatic nitrogens is 3. The molecule has 2 aromatic carbocycles. The van der Waals surface area contributed by atoms with Gasteiger partial charge in [0.2, 0.25) is 0 Å². The number of benzene rings is 2. The van der Waals surface area contributed by atoms with Crippen molar-refractivity contribution in [3.05, 3.63) is 83.2 Å². The van der Waals surface area contributed by atoms with E-state index < -0.39 is 12.1 Å². The fourth-order valence-corrected chi connectivity index (χ4v) is 2.22. The topological polar surface area (TPSA) is 83.3 Å². The van der Waals surface area contributed by atoms with E-state index in [0.717, 1.165) is 15.9 Å². The van der Waals surface area contributed by atoms with Gasteiger partial charge in [0.15, 0.2) is 5.69 Å². The maximum Gasteiger partial charge on any atom is 0.452 e. The Bertz CT molecular complexity index is 892. The van der Waals surface area contributed by atoms with Gasteiger partial charge in [-0.15, -0.1) is 10.2 Å². The summed E-state index contributed by atoms with van der Waals surface area (Å²) < 4.78 is 10.3. The first-order chi connectivity index (χ1) is 12.6. The Labute approximate surface area is 150 Å². The van der Waals surface area contributed by atoms with Crippen LogP contribution in [0.5, 0.6) is 0 Å². The van der Waals surface area contributed by atoms with E-state index >= 15 is 0 Å². The lowest BCUT2D eigenvalue weighted by molar-refractivity contribution is 0.0464. The van der Waals surface area contributed by atoms with Crippen molar-refractivity contribution in [2.24, 2.45) is 0 Å². The smallest absolute Gasteiger partial charge is 0.452 e. The first-order valence-electron chi connectivity index (χ1n) is 7.99. The number of esters is 1. The first-order valence-corrected chi connectivity index (χ1v) is 7.99. The van der Waals surface area contributed by atoms with Crippen molar-refractivity contribution < 1.29 is 19.1 Å². The largest absolute Gasteiger partial charge is 0.456 e.